The molecule has 0 bridgehead atoms. The van der Waals surface area contributed by atoms with Crippen LogP contribution in [0.1, 0.15) is 50.3 Å². The number of aliphatic hydroxyl groups excluding tert-OH is 1. The highest BCUT2D eigenvalue weighted by molar-refractivity contribution is 5.58. The zero-order valence-corrected chi connectivity index (χ0v) is 11.8. The second-order valence-electron chi connectivity index (χ2n) is 5.45. The van der Waals surface area contributed by atoms with Gasteiger partial charge >= 0.3 is 0 Å². The van der Waals surface area contributed by atoms with Crippen LogP contribution in [0, 0.1) is 17.2 Å². The highest BCUT2D eigenvalue weighted by atomic mass is 16.3. The predicted octanol–water partition coefficient (Wildman–Crippen LogP) is 3.24. The smallest absolute Gasteiger partial charge is 0.0992 e. The van der Waals surface area contributed by atoms with Crippen LogP contribution >= 0.6 is 0 Å². The summed E-state index contributed by atoms with van der Waals surface area (Å²) in [5, 5.41) is 19.0. The van der Waals surface area contributed by atoms with E-state index in [1.807, 2.05) is 12.1 Å². The highest BCUT2D eigenvalue weighted by Crippen LogP contribution is 2.34. The zero-order chi connectivity index (χ0) is 13.8. The third-order valence-electron chi connectivity index (χ3n) is 3.62. The Balaban J connectivity index is 2.33. The van der Waals surface area contributed by atoms with E-state index < -0.39 is 6.10 Å². The molecule has 1 fully saturated rings. The Bertz CT molecular complexity index is 472. The van der Waals surface area contributed by atoms with E-state index in [9.17, 15) is 5.11 Å². The van der Waals surface area contributed by atoms with Gasteiger partial charge in [-0.3, -0.25) is 0 Å². The molecule has 102 valence electrons. The van der Waals surface area contributed by atoms with Crippen LogP contribution in [0.25, 0.3) is 0 Å². The van der Waals surface area contributed by atoms with Crippen LogP contribution in [0.3, 0.4) is 0 Å². The average molecular weight is 258 g/mol. The molecule has 0 aromatic heterocycles. The molecule has 0 amide bonds. The maximum atomic E-state index is 9.93. The van der Waals surface area contributed by atoms with Gasteiger partial charge in [-0.1, -0.05) is 13.0 Å². The number of anilines is 1. The van der Waals surface area contributed by atoms with Crippen LogP contribution in [0.4, 0.5) is 5.69 Å². The standard InChI is InChI=1S/C16H22N2O/c1-3-8-18(11-13-4-5-13)16-9-14(10-17)6-7-15(16)12(2)19/h6-7,9,12-13,19H,3-5,8,11H2,1-2H3. The van der Waals surface area contributed by atoms with Crippen LogP contribution in [0.5, 0.6) is 0 Å². The van der Waals surface area contributed by atoms with Crippen LogP contribution in [-0.2, 0) is 0 Å². The van der Waals surface area contributed by atoms with Gasteiger partial charge < -0.3 is 10.0 Å². The number of nitriles is 1. The van der Waals surface area contributed by atoms with E-state index in [0.717, 1.165) is 36.7 Å². The van der Waals surface area contributed by atoms with Gasteiger partial charge in [0.1, 0.15) is 0 Å². The fraction of sp³-hybridized carbons (Fsp3) is 0.562. The summed E-state index contributed by atoms with van der Waals surface area (Å²) in [4.78, 5) is 2.33. The van der Waals surface area contributed by atoms with E-state index >= 15 is 0 Å². The lowest BCUT2D eigenvalue weighted by atomic mass is 10.0. The average Bonchev–Trinajstić information content (AvgIpc) is 3.21. The molecular weight excluding hydrogens is 236 g/mol. The van der Waals surface area contributed by atoms with E-state index in [4.69, 9.17) is 5.26 Å². The van der Waals surface area contributed by atoms with Gasteiger partial charge in [-0.2, -0.15) is 5.26 Å². The lowest BCUT2D eigenvalue weighted by Gasteiger charge is -2.28. The molecule has 3 heteroatoms. The number of aliphatic hydroxyl groups is 1. The van der Waals surface area contributed by atoms with Gasteiger partial charge in [-0.25, -0.2) is 0 Å². The van der Waals surface area contributed by atoms with Gasteiger partial charge in [0.25, 0.3) is 0 Å². The van der Waals surface area contributed by atoms with Crippen molar-refractivity contribution in [2.45, 2.75) is 39.2 Å². The first-order valence-electron chi connectivity index (χ1n) is 7.12. The molecule has 0 heterocycles. The Morgan fingerprint density at radius 2 is 2.21 bits per heavy atom. The summed E-state index contributed by atoms with van der Waals surface area (Å²) >= 11 is 0. The topological polar surface area (TPSA) is 47.3 Å². The summed E-state index contributed by atoms with van der Waals surface area (Å²) < 4.78 is 0. The first-order valence-corrected chi connectivity index (χ1v) is 7.12. The molecule has 1 unspecified atom stereocenters. The van der Waals surface area contributed by atoms with Crippen molar-refractivity contribution < 1.29 is 5.11 Å². The normalized spacial score (nSPS) is 15.9. The fourth-order valence-corrected chi connectivity index (χ4v) is 2.43. The quantitative estimate of drug-likeness (QED) is 0.852. The Hall–Kier alpha value is -1.53. The van der Waals surface area contributed by atoms with E-state index in [0.29, 0.717) is 5.56 Å². The van der Waals surface area contributed by atoms with Gasteiger partial charge in [0.05, 0.1) is 17.7 Å². The van der Waals surface area contributed by atoms with Crippen molar-refractivity contribution in [1.82, 2.24) is 0 Å². The first-order chi connectivity index (χ1) is 9.15. The fourth-order valence-electron chi connectivity index (χ4n) is 2.43. The molecule has 0 radical (unpaired) electrons. The minimum Gasteiger partial charge on any atom is -0.389 e. The third-order valence-corrected chi connectivity index (χ3v) is 3.62. The van der Waals surface area contributed by atoms with E-state index in [-0.39, 0.29) is 0 Å². The number of benzene rings is 1. The van der Waals surface area contributed by atoms with Crippen molar-refractivity contribution in [2.75, 3.05) is 18.0 Å². The Morgan fingerprint density at radius 3 is 2.74 bits per heavy atom. The molecule has 0 aliphatic heterocycles. The van der Waals surface area contributed by atoms with Crippen LogP contribution < -0.4 is 4.90 Å². The molecule has 2 rings (SSSR count). The molecule has 3 nitrogen and oxygen atoms in total. The van der Waals surface area contributed by atoms with Gasteiger partial charge in [0.2, 0.25) is 0 Å². The maximum absolute atomic E-state index is 9.93. The molecular formula is C16H22N2O. The molecule has 0 spiro atoms. The molecule has 0 saturated heterocycles. The largest absolute Gasteiger partial charge is 0.389 e. The summed E-state index contributed by atoms with van der Waals surface area (Å²) in [7, 11) is 0. The van der Waals surface area contributed by atoms with Crippen molar-refractivity contribution in [1.29, 1.82) is 5.26 Å². The van der Waals surface area contributed by atoms with Crippen molar-refractivity contribution in [2.24, 2.45) is 5.92 Å². The van der Waals surface area contributed by atoms with Crippen LogP contribution in [0.2, 0.25) is 0 Å². The minimum absolute atomic E-state index is 0.499. The monoisotopic (exact) mass is 258 g/mol. The third kappa shape index (κ3) is 3.48. The number of hydrogen-bond donors (Lipinski definition) is 1. The summed E-state index contributed by atoms with van der Waals surface area (Å²) in [6, 6.07) is 7.78. The molecule has 1 aromatic rings. The van der Waals surface area contributed by atoms with Crippen molar-refractivity contribution >= 4 is 5.69 Å². The summed E-state index contributed by atoms with van der Waals surface area (Å²) in [6.45, 7) is 5.97. The number of nitrogens with zero attached hydrogens (tertiary/aromatic N) is 2. The van der Waals surface area contributed by atoms with E-state index in [2.05, 4.69) is 17.9 Å². The van der Waals surface area contributed by atoms with Crippen LogP contribution in [-0.4, -0.2) is 18.2 Å². The second-order valence-corrected chi connectivity index (χ2v) is 5.45. The first kappa shape index (κ1) is 13.9. The predicted molar refractivity (Wildman–Crippen MR) is 77.0 cm³/mol. The SMILES string of the molecule is CCCN(CC1CC1)c1cc(C#N)ccc1C(C)O. The second kappa shape index (κ2) is 6.08. The van der Waals surface area contributed by atoms with Crippen molar-refractivity contribution in [3.63, 3.8) is 0 Å². The highest BCUT2D eigenvalue weighted by Gasteiger charge is 2.25. The molecule has 1 aromatic carbocycles. The van der Waals surface area contributed by atoms with Crippen LogP contribution in [0.15, 0.2) is 18.2 Å². The summed E-state index contributed by atoms with van der Waals surface area (Å²) in [5.41, 5.74) is 2.62. The molecule has 1 aliphatic carbocycles. The molecule has 1 aliphatic rings. The Kier molecular flexibility index (Phi) is 4.44. The Labute approximate surface area is 115 Å². The Morgan fingerprint density at radius 1 is 1.47 bits per heavy atom. The lowest BCUT2D eigenvalue weighted by Crippen LogP contribution is -2.28. The minimum atomic E-state index is -0.499. The number of hydrogen-bond acceptors (Lipinski definition) is 3. The van der Waals surface area contributed by atoms with E-state index in [1.54, 1.807) is 13.0 Å². The zero-order valence-electron chi connectivity index (χ0n) is 11.8. The lowest BCUT2D eigenvalue weighted by molar-refractivity contribution is 0.199. The molecule has 1 N–H and O–H groups in total. The number of rotatable bonds is 6. The molecule has 1 saturated carbocycles. The summed E-state index contributed by atoms with van der Waals surface area (Å²) in [5.74, 6) is 0.791. The van der Waals surface area contributed by atoms with Crippen molar-refractivity contribution in [3.8, 4) is 6.07 Å². The molecule has 1 atom stereocenters. The maximum Gasteiger partial charge on any atom is 0.0992 e. The van der Waals surface area contributed by atoms with Gasteiger partial charge in [-0.15, -0.1) is 0 Å². The molecule has 19 heavy (non-hydrogen) atoms. The van der Waals surface area contributed by atoms with Gasteiger partial charge in [0, 0.05) is 24.3 Å². The summed E-state index contributed by atoms with van der Waals surface area (Å²) in [6.07, 6.45) is 3.19. The van der Waals surface area contributed by atoms with Crippen molar-refractivity contribution in [3.05, 3.63) is 29.3 Å². The van der Waals surface area contributed by atoms with Gasteiger partial charge in [-0.05, 0) is 44.2 Å². The van der Waals surface area contributed by atoms with Gasteiger partial charge in [0.15, 0.2) is 0 Å². The van der Waals surface area contributed by atoms with E-state index in [1.165, 1.54) is 12.8 Å².